The Kier molecular flexibility index (Phi) is 5.18. The van der Waals surface area contributed by atoms with Crippen molar-refractivity contribution in [3.8, 4) is 0 Å². The van der Waals surface area contributed by atoms with Crippen molar-refractivity contribution < 1.29 is 9.21 Å². The fourth-order valence-electron chi connectivity index (χ4n) is 3.43. The van der Waals surface area contributed by atoms with Crippen molar-refractivity contribution >= 4 is 27.9 Å². The molecule has 0 saturated heterocycles. The van der Waals surface area contributed by atoms with Crippen LogP contribution in [-0.2, 0) is 13.1 Å². The van der Waals surface area contributed by atoms with Crippen molar-refractivity contribution in [3.63, 3.8) is 0 Å². The smallest absolute Gasteiger partial charge is 0.406 e. The summed E-state index contributed by atoms with van der Waals surface area (Å²) in [5, 5.41) is 8.13. The Hall–Kier alpha value is -3.75. The summed E-state index contributed by atoms with van der Waals surface area (Å²) in [5.74, 6) is -0.937. The summed E-state index contributed by atoms with van der Waals surface area (Å²) < 4.78 is 7.90. The van der Waals surface area contributed by atoms with Crippen molar-refractivity contribution in [1.82, 2.24) is 24.6 Å². The number of aryl methyl sites for hydroxylation is 1. The first-order valence-electron chi connectivity index (χ1n) is 9.78. The molecule has 1 N–H and O–H groups in total. The number of rotatable bonds is 6. The lowest BCUT2D eigenvalue weighted by molar-refractivity contribution is 0.0926. The van der Waals surface area contributed by atoms with Gasteiger partial charge in [0, 0.05) is 24.2 Å². The number of nitrogens with zero attached hydrogens (tertiary/aromatic N) is 4. The lowest BCUT2D eigenvalue weighted by atomic mass is 10.1. The van der Waals surface area contributed by atoms with Gasteiger partial charge in [0.15, 0.2) is 16.9 Å². The molecule has 0 radical (unpaired) electrons. The highest BCUT2D eigenvalue weighted by Gasteiger charge is 2.21. The van der Waals surface area contributed by atoms with Crippen molar-refractivity contribution in [1.29, 1.82) is 0 Å². The number of amides is 1. The third-order valence-corrected chi connectivity index (χ3v) is 5.04. The van der Waals surface area contributed by atoms with Gasteiger partial charge >= 0.3 is 5.76 Å². The molecule has 0 unspecified atom stereocenters. The molecule has 1 atom stereocenters. The van der Waals surface area contributed by atoms with Crippen molar-refractivity contribution in [3.05, 3.63) is 69.2 Å². The van der Waals surface area contributed by atoms with E-state index in [2.05, 4.69) is 15.4 Å². The van der Waals surface area contributed by atoms with Crippen LogP contribution < -0.4 is 16.6 Å². The van der Waals surface area contributed by atoms with E-state index in [0.717, 1.165) is 0 Å². The second-order valence-electron chi connectivity index (χ2n) is 6.90. The first-order chi connectivity index (χ1) is 14.5. The third kappa shape index (κ3) is 3.38. The molecule has 30 heavy (non-hydrogen) atoms. The fraction of sp³-hybridized carbons (Fsp3) is 0.286. The summed E-state index contributed by atoms with van der Waals surface area (Å²) >= 11 is 0. The molecule has 0 aliphatic heterocycles. The van der Waals surface area contributed by atoms with E-state index in [1.807, 2.05) is 6.92 Å². The lowest BCUT2D eigenvalue weighted by Gasteiger charge is -2.18. The van der Waals surface area contributed by atoms with Crippen LogP contribution in [0.25, 0.3) is 22.0 Å². The summed E-state index contributed by atoms with van der Waals surface area (Å²) in [4.78, 5) is 42.0. The average molecular weight is 407 g/mol. The van der Waals surface area contributed by atoms with Crippen LogP contribution in [0, 0.1) is 0 Å². The maximum atomic E-state index is 13.1. The molecule has 0 fully saturated rings. The van der Waals surface area contributed by atoms with Gasteiger partial charge < -0.3 is 9.73 Å². The predicted octanol–water partition coefficient (Wildman–Crippen LogP) is 1.93. The Morgan fingerprint density at radius 1 is 1.13 bits per heavy atom. The van der Waals surface area contributed by atoms with Crippen molar-refractivity contribution in [2.75, 3.05) is 0 Å². The number of carbonyl (C=O) groups is 1. The summed E-state index contributed by atoms with van der Waals surface area (Å²) in [6, 6.07) is 9.90. The first-order valence-corrected chi connectivity index (χ1v) is 9.78. The van der Waals surface area contributed by atoms with E-state index in [1.165, 1.54) is 9.25 Å². The number of aromatic nitrogens is 4. The van der Waals surface area contributed by atoms with Crippen LogP contribution >= 0.6 is 0 Å². The molecule has 154 valence electrons. The molecule has 4 aromatic rings. The second-order valence-corrected chi connectivity index (χ2v) is 6.90. The number of pyridine rings is 1. The van der Waals surface area contributed by atoms with Crippen molar-refractivity contribution in [2.24, 2.45) is 0 Å². The van der Waals surface area contributed by atoms with E-state index in [4.69, 9.17) is 4.42 Å². The van der Waals surface area contributed by atoms with Gasteiger partial charge in [-0.1, -0.05) is 25.1 Å². The Morgan fingerprint density at radius 2 is 1.90 bits per heavy atom. The predicted molar refractivity (Wildman–Crippen MR) is 111 cm³/mol. The van der Waals surface area contributed by atoms with Crippen LogP contribution in [0.5, 0.6) is 0 Å². The van der Waals surface area contributed by atoms with Crippen LogP contribution in [0.2, 0.25) is 0 Å². The molecule has 0 spiro atoms. The molecule has 4 rings (SSSR count). The molecule has 9 nitrogen and oxygen atoms in total. The zero-order chi connectivity index (χ0) is 21.3. The summed E-state index contributed by atoms with van der Waals surface area (Å²) in [6.45, 7) is 4.26. The molecular formula is C21H21N5O4. The number of nitrogens with one attached hydrogen (secondary N) is 1. The Morgan fingerprint density at radius 3 is 2.63 bits per heavy atom. The molecule has 9 heteroatoms. The van der Waals surface area contributed by atoms with Gasteiger partial charge in [0.1, 0.15) is 0 Å². The number of oxazole rings is 1. The molecule has 1 aromatic carbocycles. The van der Waals surface area contributed by atoms with Crippen LogP contribution in [0.15, 0.2) is 56.6 Å². The molecule has 3 heterocycles. The topological polar surface area (TPSA) is 112 Å². The monoisotopic (exact) mass is 407 g/mol. The standard InChI is InChI=1S/C21H21N5O4/c1-3-13(12-25-18-16(30-21(25)29)10-7-11-22-18)23-19(27)17-14-8-5-6-9-15(14)20(28)26(4-2)24-17/h5-11,13H,3-4,12H2,1-2H3,(H,23,27)/t13-/m0/s1. The number of hydrogen-bond acceptors (Lipinski definition) is 6. The number of hydrogen-bond donors (Lipinski definition) is 1. The maximum Gasteiger partial charge on any atom is 0.421 e. The van der Waals surface area contributed by atoms with E-state index in [1.54, 1.807) is 49.5 Å². The molecule has 0 bridgehead atoms. The summed E-state index contributed by atoms with van der Waals surface area (Å²) in [7, 11) is 0. The number of fused-ring (bicyclic) bond motifs is 2. The maximum absolute atomic E-state index is 13.1. The fourth-order valence-corrected chi connectivity index (χ4v) is 3.43. The van der Waals surface area contributed by atoms with Gasteiger partial charge in [-0.25, -0.2) is 14.5 Å². The number of carbonyl (C=O) groups excluding carboxylic acids is 1. The van der Waals surface area contributed by atoms with E-state index in [0.29, 0.717) is 35.0 Å². The SMILES string of the molecule is CC[C@@H](Cn1c(=O)oc2cccnc21)NC(=O)c1nn(CC)c(=O)c2ccccc12. The van der Waals surface area contributed by atoms with Crippen LogP contribution in [0.1, 0.15) is 30.8 Å². The first kappa shape index (κ1) is 19.6. The summed E-state index contributed by atoms with van der Waals surface area (Å²) in [6.07, 6.45) is 2.15. The van der Waals surface area contributed by atoms with Gasteiger partial charge in [-0.15, -0.1) is 0 Å². The minimum Gasteiger partial charge on any atom is -0.406 e. The molecule has 3 aromatic heterocycles. The minimum atomic E-state index is -0.528. The molecule has 1 amide bonds. The highest BCUT2D eigenvalue weighted by atomic mass is 16.4. The van der Waals surface area contributed by atoms with E-state index in [9.17, 15) is 14.4 Å². The van der Waals surface area contributed by atoms with Crippen molar-refractivity contribution in [2.45, 2.75) is 39.4 Å². The zero-order valence-corrected chi connectivity index (χ0v) is 16.7. The van der Waals surface area contributed by atoms with Gasteiger partial charge in [-0.05, 0) is 31.5 Å². The minimum absolute atomic E-state index is 0.174. The van der Waals surface area contributed by atoms with E-state index in [-0.39, 0.29) is 23.8 Å². The largest absolute Gasteiger partial charge is 0.421 e. The Balaban J connectivity index is 1.67. The average Bonchev–Trinajstić information content (AvgIpc) is 3.08. The molecular weight excluding hydrogens is 386 g/mol. The third-order valence-electron chi connectivity index (χ3n) is 5.04. The normalized spacial score (nSPS) is 12.3. The van der Waals surface area contributed by atoms with E-state index < -0.39 is 11.7 Å². The van der Waals surface area contributed by atoms with Crippen LogP contribution in [0.3, 0.4) is 0 Å². The Labute approximate surface area is 171 Å². The quantitative estimate of drug-likeness (QED) is 0.523. The lowest BCUT2D eigenvalue weighted by Crippen LogP contribution is -2.40. The second kappa shape index (κ2) is 7.94. The van der Waals surface area contributed by atoms with E-state index >= 15 is 0 Å². The number of benzene rings is 1. The van der Waals surface area contributed by atoms with Gasteiger partial charge in [-0.2, -0.15) is 5.10 Å². The molecule has 0 saturated carbocycles. The zero-order valence-electron chi connectivity index (χ0n) is 16.7. The van der Waals surface area contributed by atoms with Crippen LogP contribution in [0.4, 0.5) is 0 Å². The molecule has 0 aliphatic rings. The van der Waals surface area contributed by atoms with Gasteiger partial charge in [0.05, 0.1) is 11.9 Å². The Bertz CT molecular complexity index is 1350. The van der Waals surface area contributed by atoms with Crippen LogP contribution in [-0.4, -0.2) is 31.3 Å². The highest BCUT2D eigenvalue weighted by Crippen LogP contribution is 2.14. The molecule has 0 aliphatic carbocycles. The highest BCUT2D eigenvalue weighted by molar-refractivity contribution is 6.04. The van der Waals surface area contributed by atoms with Gasteiger partial charge in [-0.3, -0.25) is 14.2 Å². The summed E-state index contributed by atoms with van der Waals surface area (Å²) in [5.41, 5.74) is 0.761. The van der Waals surface area contributed by atoms with Gasteiger partial charge in [0.25, 0.3) is 11.5 Å². The van der Waals surface area contributed by atoms with Gasteiger partial charge in [0.2, 0.25) is 0 Å².